The Hall–Kier alpha value is -3.21. The molecule has 0 aliphatic heterocycles. The molecular weight excluding hydrogens is 351 g/mol. The summed E-state index contributed by atoms with van der Waals surface area (Å²) in [4.78, 5) is 4.70. The standard InChI is InChI=1S/C23H23FN4/c1-15-5-4-6-19(13-15)21-14-22-26-17(3)16(2)23(28(22)27-21)25-12-11-18-7-9-20(24)10-8-18/h4-10,13-14,25H,11-12H2,1-3H3. The van der Waals surface area contributed by atoms with Gasteiger partial charge in [-0.2, -0.15) is 9.61 Å². The van der Waals surface area contributed by atoms with Gasteiger partial charge in [-0.05, 0) is 51.0 Å². The maximum atomic E-state index is 13.1. The molecule has 0 fully saturated rings. The summed E-state index contributed by atoms with van der Waals surface area (Å²) >= 11 is 0. The second-order valence-corrected chi connectivity index (χ2v) is 7.14. The van der Waals surface area contributed by atoms with Crippen molar-refractivity contribution in [2.45, 2.75) is 27.2 Å². The van der Waals surface area contributed by atoms with Crippen molar-refractivity contribution in [3.8, 4) is 11.3 Å². The maximum Gasteiger partial charge on any atom is 0.158 e. The first-order valence-electron chi connectivity index (χ1n) is 9.43. The lowest BCUT2D eigenvalue weighted by molar-refractivity contribution is 0.627. The third-order valence-corrected chi connectivity index (χ3v) is 5.02. The van der Waals surface area contributed by atoms with Crippen LogP contribution in [0.1, 0.15) is 22.4 Å². The molecule has 4 rings (SSSR count). The minimum Gasteiger partial charge on any atom is -0.369 e. The zero-order valence-electron chi connectivity index (χ0n) is 16.3. The van der Waals surface area contributed by atoms with E-state index < -0.39 is 0 Å². The highest BCUT2D eigenvalue weighted by Gasteiger charge is 2.13. The van der Waals surface area contributed by atoms with E-state index in [9.17, 15) is 4.39 Å². The smallest absolute Gasteiger partial charge is 0.158 e. The Morgan fingerprint density at radius 3 is 2.54 bits per heavy atom. The summed E-state index contributed by atoms with van der Waals surface area (Å²) in [5, 5.41) is 8.31. The van der Waals surface area contributed by atoms with E-state index in [2.05, 4.69) is 37.4 Å². The fourth-order valence-corrected chi connectivity index (χ4v) is 3.33. The van der Waals surface area contributed by atoms with Crippen LogP contribution in [-0.2, 0) is 6.42 Å². The van der Waals surface area contributed by atoms with Crippen LogP contribution in [0.15, 0.2) is 54.6 Å². The third-order valence-electron chi connectivity index (χ3n) is 5.02. The highest BCUT2D eigenvalue weighted by atomic mass is 19.1. The number of benzene rings is 2. The number of halogens is 1. The van der Waals surface area contributed by atoms with Gasteiger partial charge in [-0.25, -0.2) is 9.37 Å². The van der Waals surface area contributed by atoms with Gasteiger partial charge >= 0.3 is 0 Å². The minimum atomic E-state index is -0.209. The van der Waals surface area contributed by atoms with Crippen LogP contribution in [0.2, 0.25) is 0 Å². The molecule has 2 heterocycles. The SMILES string of the molecule is Cc1cccc(-c2cc3nc(C)c(C)c(NCCc4ccc(F)cc4)n3n2)c1. The van der Waals surface area contributed by atoms with E-state index in [0.717, 1.165) is 52.5 Å². The number of hydrogen-bond donors (Lipinski definition) is 1. The van der Waals surface area contributed by atoms with Crippen molar-refractivity contribution in [3.05, 3.63) is 82.8 Å². The van der Waals surface area contributed by atoms with Crippen LogP contribution >= 0.6 is 0 Å². The lowest BCUT2D eigenvalue weighted by Gasteiger charge is -2.13. The van der Waals surface area contributed by atoms with Gasteiger partial charge in [-0.15, -0.1) is 0 Å². The first kappa shape index (κ1) is 18.2. The number of anilines is 1. The maximum absolute atomic E-state index is 13.1. The van der Waals surface area contributed by atoms with Gasteiger partial charge in [-0.3, -0.25) is 0 Å². The van der Waals surface area contributed by atoms with Gasteiger partial charge in [0.25, 0.3) is 0 Å². The largest absolute Gasteiger partial charge is 0.369 e. The van der Waals surface area contributed by atoms with E-state index >= 15 is 0 Å². The number of nitrogens with zero attached hydrogens (tertiary/aromatic N) is 3. The van der Waals surface area contributed by atoms with Crippen molar-refractivity contribution in [2.24, 2.45) is 0 Å². The fourth-order valence-electron chi connectivity index (χ4n) is 3.33. The molecule has 0 atom stereocenters. The molecule has 5 heteroatoms. The quantitative estimate of drug-likeness (QED) is 0.527. The van der Waals surface area contributed by atoms with Crippen molar-refractivity contribution >= 4 is 11.5 Å². The highest BCUT2D eigenvalue weighted by Crippen LogP contribution is 2.25. The van der Waals surface area contributed by atoms with Gasteiger partial charge < -0.3 is 5.32 Å². The Morgan fingerprint density at radius 2 is 1.79 bits per heavy atom. The lowest BCUT2D eigenvalue weighted by atomic mass is 10.1. The van der Waals surface area contributed by atoms with E-state index in [0.29, 0.717) is 0 Å². The first-order chi connectivity index (χ1) is 13.5. The second-order valence-electron chi connectivity index (χ2n) is 7.14. The zero-order valence-corrected chi connectivity index (χ0v) is 16.3. The molecule has 2 aromatic carbocycles. The number of hydrogen-bond acceptors (Lipinski definition) is 3. The number of aryl methyl sites for hydroxylation is 2. The van der Waals surface area contributed by atoms with Crippen LogP contribution in [0.4, 0.5) is 10.2 Å². The van der Waals surface area contributed by atoms with Gasteiger partial charge in [0.1, 0.15) is 11.6 Å². The normalized spacial score (nSPS) is 11.1. The second kappa shape index (κ2) is 7.43. The van der Waals surface area contributed by atoms with Crippen LogP contribution < -0.4 is 5.32 Å². The fraction of sp³-hybridized carbons (Fsp3) is 0.217. The molecule has 0 aliphatic rings. The Balaban J connectivity index is 1.64. The zero-order chi connectivity index (χ0) is 19.7. The van der Waals surface area contributed by atoms with Crippen molar-refractivity contribution in [2.75, 3.05) is 11.9 Å². The van der Waals surface area contributed by atoms with E-state index in [1.165, 1.54) is 17.7 Å². The molecule has 4 nitrogen and oxygen atoms in total. The minimum absolute atomic E-state index is 0.209. The molecule has 4 aromatic rings. The molecule has 1 N–H and O–H groups in total. The van der Waals surface area contributed by atoms with Crippen LogP contribution in [0.3, 0.4) is 0 Å². The number of fused-ring (bicyclic) bond motifs is 1. The van der Waals surface area contributed by atoms with E-state index in [1.807, 2.05) is 35.7 Å². The summed E-state index contributed by atoms with van der Waals surface area (Å²) in [7, 11) is 0. The molecule has 0 radical (unpaired) electrons. The molecule has 142 valence electrons. The number of aromatic nitrogens is 3. The van der Waals surface area contributed by atoms with Gasteiger partial charge in [0.2, 0.25) is 0 Å². The predicted octanol–water partition coefficient (Wildman–Crippen LogP) is 5.12. The van der Waals surface area contributed by atoms with E-state index in [-0.39, 0.29) is 5.82 Å². The molecule has 0 unspecified atom stereocenters. The average molecular weight is 374 g/mol. The summed E-state index contributed by atoms with van der Waals surface area (Å²) in [6, 6.07) is 17.0. The summed E-state index contributed by atoms with van der Waals surface area (Å²) in [6.07, 6.45) is 0.800. The average Bonchev–Trinajstić information content (AvgIpc) is 3.10. The molecular formula is C23H23FN4. The van der Waals surface area contributed by atoms with Crippen LogP contribution in [0, 0.1) is 26.6 Å². The topological polar surface area (TPSA) is 42.2 Å². The van der Waals surface area contributed by atoms with Crippen molar-refractivity contribution < 1.29 is 4.39 Å². The van der Waals surface area contributed by atoms with Crippen molar-refractivity contribution in [1.29, 1.82) is 0 Å². The lowest BCUT2D eigenvalue weighted by Crippen LogP contribution is -2.12. The Kier molecular flexibility index (Phi) is 4.82. The predicted molar refractivity (Wildman–Crippen MR) is 111 cm³/mol. The summed E-state index contributed by atoms with van der Waals surface area (Å²) in [5.41, 5.74) is 7.16. The van der Waals surface area contributed by atoms with Gasteiger partial charge in [-0.1, -0.05) is 35.9 Å². The molecule has 0 spiro atoms. The molecule has 0 aliphatic carbocycles. The molecule has 0 saturated heterocycles. The highest BCUT2D eigenvalue weighted by molar-refractivity contribution is 5.67. The summed E-state index contributed by atoms with van der Waals surface area (Å²) in [6.45, 7) is 6.87. The molecule has 28 heavy (non-hydrogen) atoms. The van der Waals surface area contributed by atoms with Gasteiger partial charge in [0, 0.05) is 29.4 Å². The van der Waals surface area contributed by atoms with Crippen molar-refractivity contribution in [1.82, 2.24) is 14.6 Å². The molecule has 0 saturated carbocycles. The van der Waals surface area contributed by atoms with Gasteiger partial charge in [0.15, 0.2) is 5.65 Å². The molecule has 2 aromatic heterocycles. The number of rotatable bonds is 5. The first-order valence-corrected chi connectivity index (χ1v) is 9.43. The molecule has 0 amide bonds. The van der Waals surface area contributed by atoms with Crippen LogP contribution in [-0.4, -0.2) is 21.1 Å². The Morgan fingerprint density at radius 1 is 1.00 bits per heavy atom. The van der Waals surface area contributed by atoms with E-state index in [4.69, 9.17) is 10.1 Å². The van der Waals surface area contributed by atoms with Crippen LogP contribution in [0.5, 0.6) is 0 Å². The third kappa shape index (κ3) is 3.60. The Bertz CT molecular complexity index is 1130. The monoisotopic (exact) mass is 374 g/mol. The number of nitrogens with one attached hydrogen (secondary N) is 1. The van der Waals surface area contributed by atoms with Crippen molar-refractivity contribution in [3.63, 3.8) is 0 Å². The van der Waals surface area contributed by atoms with Crippen LogP contribution in [0.25, 0.3) is 16.9 Å². The Labute approximate surface area is 164 Å². The summed E-state index contributed by atoms with van der Waals surface area (Å²) in [5.74, 6) is 0.739. The summed E-state index contributed by atoms with van der Waals surface area (Å²) < 4.78 is 15.0. The van der Waals surface area contributed by atoms with E-state index in [1.54, 1.807) is 0 Å². The molecule has 0 bridgehead atoms. The van der Waals surface area contributed by atoms with Gasteiger partial charge in [0.05, 0.1) is 5.69 Å².